The van der Waals surface area contributed by atoms with Crippen LogP contribution in [0.5, 0.6) is 0 Å². The largest absolute Gasteiger partial charge is 0.444 e. The van der Waals surface area contributed by atoms with Gasteiger partial charge in [0.1, 0.15) is 17.7 Å². The highest BCUT2D eigenvalue weighted by Crippen LogP contribution is 2.26. The molecule has 0 saturated heterocycles. The lowest BCUT2D eigenvalue weighted by Gasteiger charge is -2.34. The number of benzene rings is 1. The summed E-state index contributed by atoms with van der Waals surface area (Å²) in [6.07, 6.45) is 9.81. The van der Waals surface area contributed by atoms with E-state index in [1.54, 1.807) is 55.6 Å². The number of alkyl carbamates (subject to hydrolysis) is 1. The molecule has 3 amide bonds. The zero-order chi connectivity index (χ0) is 26.4. The molecule has 0 fully saturated rings. The van der Waals surface area contributed by atoms with Crippen LogP contribution in [0.4, 0.5) is 4.79 Å². The van der Waals surface area contributed by atoms with E-state index in [9.17, 15) is 14.4 Å². The van der Waals surface area contributed by atoms with Crippen molar-refractivity contribution in [1.29, 1.82) is 0 Å². The molecule has 0 aliphatic carbocycles. The van der Waals surface area contributed by atoms with Crippen LogP contribution in [0.1, 0.15) is 77.5 Å². The molecule has 2 unspecified atom stereocenters. The first-order valence-electron chi connectivity index (χ1n) is 12.2. The third-order valence-electron chi connectivity index (χ3n) is 5.15. The molecule has 2 atom stereocenters. The number of carbonyl (C=O) groups is 3. The first kappa shape index (κ1) is 30.4. The van der Waals surface area contributed by atoms with E-state index in [0.717, 1.165) is 12.8 Å². The zero-order valence-corrected chi connectivity index (χ0v) is 22.8. The van der Waals surface area contributed by atoms with E-state index < -0.39 is 23.8 Å². The number of amides is 3. The molecule has 0 heterocycles. The number of unbranched alkanes of at least 4 members (excludes halogenated alkanes) is 1. The van der Waals surface area contributed by atoms with Crippen LogP contribution >= 0.6 is 11.8 Å². The van der Waals surface area contributed by atoms with Gasteiger partial charge in [0.15, 0.2) is 0 Å². The molecule has 0 saturated carbocycles. The number of nitrogens with one attached hydrogen (secondary N) is 2. The van der Waals surface area contributed by atoms with Crippen LogP contribution in [0.15, 0.2) is 24.3 Å². The molecule has 1 rings (SSSR count). The maximum Gasteiger partial charge on any atom is 0.408 e. The highest BCUT2D eigenvalue weighted by atomic mass is 32.2. The van der Waals surface area contributed by atoms with Crippen molar-refractivity contribution in [2.24, 2.45) is 0 Å². The summed E-state index contributed by atoms with van der Waals surface area (Å²) in [6.45, 7) is 10.1. The minimum Gasteiger partial charge on any atom is -0.444 e. The smallest absolute Gasteiger partial charge is 0.408 e. The molecule has 1 aromatic rings. The van der Waals surface area contributed by atoms with Gasteiger partial charge in [-0.15, -0.1) is 6.42 Å². The molecule has 0 aromatic heterocycles. The molecule has 0 aliphatic heterocycles. The van der Waals surface area contributed by atoms with Gasteiger partial charge in [-0.1, -0.05) is 44.4 Å². The standard InChI is InChI=1S/C27H41N3O4S/c1-8-11-17-28-24(31)23(21-15-13-12-14-20(21)10-3)30(18-9-2)25(32)22(16-19-35-7)29-26(33)34-27(4,5)6/h3,12-15,22-23H,8-9,11,16-19H2,1-2,4-7H3,(H,28,31)(H,29,33). The summed E-state index contributed by atoms with van der Waals surface area (Å²) < 4.78 is 5.40. The number of hydrogen-bond donors (Lipinski definition) is 2. The van der Waals surface area contributed by atoms with Crippen LogP contribution in [0.2, 0.25) is 0 Å². The maximum atomic E-state index is 13.9. The molecule has 0 spiro atoms. The second-order valence-corrected chi connectivity index (χ2v) is 10.3. The summed E-state index contributed by atoms with van der Waals surface area (Å²) >= 11 is 1.57. The predicted octanol–water partition coefficient (Wildman–Crippen LogP) is 4.51. The lowest BCUT2D eigenvalue weighted by molar-refractivity contribution is -0.142. The van der Waals surface area contributed by atoms with Crippen molar-refractivity contribution in [2.75, 3.05) is 25.1 Å². The van der Waals surface area contributed by atoms with Crippen molar-refractivity contribution < 1.29 is 19.1 Å². The van der Waals surface area contributed by atoms with Crippen molar-refractivity contribution in [2.45, 2.75) is 78.0 Å². The third kappa shape index (κ3) is 10.2. The first-order valence-corrected chi connectivity index (χ1v) is 13.6. The average Bonchev–Trinajstić information content (AvgIpc) is 2.80. The molecular formula is C27H41N3O4S. The molecule has 0 radical (unpaired) electrons. The van der Waals surface area contributed by atoms with Gasteiger partial charge in [0, 0.05) is 18.7 Å². The van der Waals surface area contributed by atoms with Gasteiger partial charge in [0.2, 0.25) is 11.8 Å². The summed E-state index contributed by atoms with van der Waals surface area (Å²) in [5.41, 5.74) is 0.442. The topological polar surface area (TPSA) is 87.7 Å². The van der Waals surface area contributed by atoms with E-state index in [1.807, 2.05) is 26.2 Å². The SMILES string of the molecule is C#Cc1ccccc1C(C(=O)NCCCC)N(CCC)C(=O)C(CCSC)NC(=O)OC(C)(C)C. The monoisotopic (exact) mass is 503 g/mol. The van der Waals surface area contributed by atoms with Gasteiger partial charge in [-0.05, 0) is 63.7 Å². The second-order valence-electron chi connectivity index (χ2n) is 9.29. The lowest BCUT2D eigenvalue weighted by Crippen LogP contribution is -2.53. The second kappa shape index (κ2) is 15.4. The molecule has 0 bridgehead atoms. The number of carbonyl (C=O) groups excluding carboxylic acids is 3. The van der Waals surface area contributed by atoms with Gasteiger partial charge in [0.05, 0.1) is 0 Å². The van der Waals surface area contributed by atoms with Crippen molar-refractivity contribution in [1.82, 2.24) is 15.5 Å². The summed E-state index contributed by atoms with van der Waals surface area (Å²) in [4.78, 5) is 41.5. The van der Waals surface area contributed by atoms with Gasteiger partial charge in [0.25, 0.3) is 0 Å². The third-order valence-corrected chi connectivity index (χ3v) is 5.79. The van der Waals surface area contributed by atoms with E-state index in [1.165, 1.54) is 0 Å². The van der Waals surface area contributed by atoms with Crippen LogP contribution in [0.25, 0.3) is 0 Å². The first-order chi connectivity index (χ1) is 16.6. The average molecular weight is 504 g/mol. The highest BCUT2D eigenvalue weighted by molar-refractivity contribution is 7.98. The number of ether oxygens (including phenoxy) is 1. The number of thioether (sulfide) groups is 1. The summed E-state index contributed by atoms with van der Waals surface area (Å²) in [7, 11) is 0. The van der Waals surface area contributed by atoms with E-state index in [2.05, 4.69) is 16.6 Å². The Morgan fingerprint density at radius 1 is 1.17 bits per heavy atom. The van der Waals surface area contributed by atoms with Crippen LogP contribution in [0, 0.1) is 12.3 Å². The molecule has 0 aliphatic rings. The number of hydrogen-bond acceptors (Lipinski definition) is 5. The van der Waals surface area contributed by atoms with Crippen LogP contribution in [0.3, 0.4) is 0 Å². The Labute approximate surface area is 215 Å². The maximum absolute atomic E-state index is 13.9. The Kier molecular flexibility index (Phi) is 13.3. The summed E-state index contributed by atoms with van der Waals surface area (Å²) in [5, 5.41) is 5.70. The number of terminal acetylenes is 1. The number of rotatable bonds is 13. The van der Waals surface area contributed by atoms with Gasteiger partial charge in [-0.3, -0.25) is 9.59 Å². The van der Waals surface area contributed by atoms with E-state index in [4.69, 9.17) is 11.2 Å². The molecule has 7 nitrogen and oxygen atoms in total. The Balaban J connectivity index is 3.43. The van der Waals surface area contributed by atoms with Gasteiger partial charge < -0.3 is 20.3 Å². The van der Waals surface area contributed by atoms with Crippen molar-refractivity contribution in [3.05, 3.63) is 35.4 Å². The van der Waals surface area contributed by atoms with Crippen molar-refractivity contribution in [3.63, 3.8) is 0 Å². The van der Waals surface area contributed by atoms with Gasteiger partial charge >= 0.3 is 6.09 Å². The van der Waals surface area contributed by atoms with Gasteiger partial charge in [-0.25, -0.2) is 4.79 Å². The fourth-order valence-corrected chi connectivity index (χ4v) is 4.02. The van der Waals surface area contributed by atoms with Crippen molar-refractivity contribution in [3.8, 4) is 12.3 Å². The Morgan fingerprint density at radius 2 is 1.86 bits per heavy atom. The molecule has 1 aromatic carbocycles. The van der Waals surface area contributed by atoms with E-state index in [-0.39, 0.29) is 11.8 Å². The fourth-order valence-electron chi connectivity index (χ4n) is 3.55. The van der Waals surface area contributed by atoms with Gasteiger partial charge in [-0.2, -0.15) is 11.8 Å². The highest BCUT2D eigenvalue weighted by Gasteiger charge is 2.36. The Bertz CT molecular complexity index is 876. The Hall–Kier alpha value is -2.66. The molecule has 35 heavy (non-hydrogen) atoms. The molecule has 194 valence electrons. The van der Waals surface area contributed by atoms with Crippen LogP contribution < -0.4 is 10.6 Å². The normalized spacial score (nSPS) is 12.7. The molecule has 8 heteroatoms. The Morgan fingerprint density at radius 3 is 2.43 bits per heavy atom. The lowest BCUT2D eigenvalue weighted by atomic mass is 9.97. The van der Waals surface area contributed by atoms with Crippen molar-refractivity contribution >= 4 is 29.7 Å². The molecule has 2 N–H and O–H groups in total. The predicted molar refractivity (Wildman–Crippen MR) is 143 cm³/mol. The summed E-state index contributed by atoms with van der Waals surface area (Å²) in [6, 6.07) is 5.41. The van der Waals surface area contributed by atoms with Crippen LogP contribution in [-0.4, -0.2) is 59.5 Å². The molecular weight excluding hydrogens is 462 g/mol. The summed E-state index contributed by atoms with van der Waals surface area (Å²) in [5.74, 6) is 2.67. The zero-order valence-electron chi connectivity index (χ0n) is 22.0. The fraction of sp³-hybridized carbons (Fsp3) is 0.593. The quantitative estimate of drug-likeness (QED) is 0.305. The van der Waals surface area contributed by atoms with Crippen LogP contribution in [-0.2, 0) is 14.3 Å². The van der Waals surface area contributed by atoms with E-state index >= 15 is 0 Å². The number of nitrogens with zero attached hydrogens (tertiary/aromatic N) is 1. The minimum atomic E-state index is -0.913. The minimum absolute atomic E-state index is 0.288. The van der Waals surface area contributed by atoms with E-state index in [0.29, 0.717) is 42.8 Å².